The van der Waals surface area contributed by atoms with Gasteiger partial charge < -0.3 is 30.3 Å². The van der Waals surface area contributed by atoms with Crippen LogP contribution in [-0.4, -0.2) is 56.2 Å². The molecule has 0 aliphatic carbocycles. The van der Waals surface area contributed by atoms with E-state index in [2.05, 4.69) is 0 Å². The number of aliphatic hydroxyl groups is 3. The van der Waals surface area contributed by atoms with E-state index < -0.39 is 35.9 Å². The number of phenols is 2. The van der Waals surface area contributed by atoms with Crippen molar-refractivity contribution in [3.8, 4) is 11.5 Å². The smallest absolute Gasteiger partial charge is 0.206 e. The van der Waals surface area contributed by atoms with Crippen molar-refractivity contribution in [3.05, 3.63) is 58.5 Å². The normalized spacial score (nSPS) is 24.7. The molecule has 2 aromatic carbocycles. The van der Waals surface area contributed by atoms with E-state index in [0.29, 0.717) is 4.88 Å². The maximum atomic E-state index is 13.0. The summed E-state index contributed by atoms with van der Waals surface area (Å²) in [6.45, 7) is -0.368. The lowest BCUT2D eigenvalue weighted by Gasteiger charge is -2.37. The average molecular weight is 416 g/mol. The van der Waals surface area contributed by atoms with Crippen LogP contribution < -0.4 is 0 Å². The van der Waals surface area contributed by atoms with E-state index in [1.165, 1.54) is 17.4 Å². The predicted molar refractivity (Wildman–Crippen MR) is 106 cm³/mol. The van der Waals surface area contributed by atoms with Gasteiger partial charge in [-0.15, -0.1) is 11.3 Å². The lowest BCUT2D eigenvalue weighted by atomic mass is 9.91. The zero-order valence-electron chi connectivity index (χ0n) is 15.2. The van der Waals surface area contributed by atoms with E-state index in [9.17, 15) is 30.3 Å². The summed E-state index contributed by atoms with van der Waals surface area (Å²) in [5.41, 5.74) is -0.00210. The van der Waals surface area contributed by atoms with Gasteiger partial charge in [-0.1, -0.05) is 18.2 Å². The quantitative estimate of drug-likeness (QED) is 0.412. The van der Waals surface area contributed by atoms with Gasteiger partial charge in [-0.3, -0.25) is 4.79 Å². The summed E-state index contributed by atoms with van der Waals surface area (Å²) in [6, 6.07) is 11.5. The Balaban J connectivity index is 1.74. The molecule has 1 aromatic heterocycles. The van der Waals surface area contributed by atoms with Gasteiger partial charge in [0.1, 0.15) is 23.7 Å². The van der Waals surface area contributed by atoms with Crippen LogP contribution in [0.3, 0.4) is 0 Å². The first-order chi connectivity index (χ1) is 13.9. The predicted octanol–water partition coefficient (Wildman–Crippen LogP) is 2.09. The van der Waals surface area contributed by atoms with Crippen molar-refractivity contribution in [1.82, 2.24) is 0 Å². The molecule has 2 heterocycles. The van der Waals surface area contributed by atoms with Crippen molar-refractivity contribution in [2.45, 2.75) is 30.8 Å². The molecule has 3 aromatic rings. The Bertz CT molecular complexity index is 1030. The van der Waals surface area contributed by atoms with Gasteiger partial charge in [0.15, 0.2) is 0 Å². The lowest BCUT2D eigenvalue weighted by molar-refractivity contribution is -0.180. The molecule has 7 nitrogen and oxygen atoms in total. The van der Waals surface area contributed by atoms with Crippen LogP contribution in [0, 0.1) is 0 Å². The fourth-order valence-electron chi connectivity index (χ4n) is 3.56. The number of ketones is 1. The number of rotatable bonds is 4. The zero-order chi connectivity index (χ0) is 20.7. The van der Waals surface area contributed by atoms with Gasteiger partial charge >= 0.3 is 0 Å². The van der Waals surface area contributed by atoms with Gasteiger partial charge in [0, 0.05) is 22.8 Å². The molecular weight excluding hydrogens is 396 g/mol. The molecule has 0 spiro atoms. The molecule has 152 valence electrons. The number of phenolic OH excluding ortho intramolecular Hbond substituents is 2. The van der Waals surface area contributed by atoms with Crippen LogP contribution in [0.2, 0.25) is 0 Å². The molecule has 1 saturated heterocycles. The molecule has 0 radical (unpaired) electrons. The first-order valence-corrected chi connectivity index (χ1v) is 9.92. The number of carbonyl (C=O) groups excluding carboxylic acids is 1. The van der Waals surface area contributed by atoms with Crippen LogP contribution in [0.15, 0.2) is 42.5 Å². The Labute approximate surface area is 170 Å². The third kappa shape index (κ3) is 3.61. The lowest BCUT2D eigenvalue weighted by Crippen LogP contribution is -2.44. The maximum Gasteiger partial charge on any atom is 0.206 e. The summed E-state index contributed by atoms with van der Waals surface area (Å²) in [4.78, 5) is 13.4. The second-order valence-corrected chi connectivity index (χ2v) is 8.14. The minimum absolute atomic E-state index is 0.0422. The highest BCUT2D eigenvalue weighted by Crippen LogP contribution is 2.40. The molecule has 4 atom stereocenters. The number of fused-ring (bicyclic) bond motifs is 1. The van der Waals surface area contributed by atoms with Gasteiger partial charge in [-0.25, -0.2) is 0 Å². The van der Waals surface area contributed by atoms with Crippen molar-refractivity contribution in [2.75, 3.05) is 6.61 Å². The molecule has 29 heavy (non-hydrogen) atoms. The third-order valence-electron chi connectivity index (χ3n) is 5.10. The minimum Gasteiger partial charge on any atom is -0.507 e. The maximum absolute atomic E-state index is 13.0. The van der Waals surface area contributed by atoms with Crippen molar-refractivity contribution >= 4 is 27.2 Å². The summed E-state index contributed by atoms with van der Waals surface area (Å²) >= 11 is 1.28. The van der Waals surface area contributed by atoms with Crippen LogP contribution in [-0.2, 0) is 4.74 Å². The first kappa shape index (κ1) is 19.8. The van der Waals surface area contributed by atoms with Crippen LogP contribution in [0.5, 0.6) is 11.5 Å². The number of aliphatic hydroxyl groups excluding tert-OH is 3. The summed E-state index contributed by atoms with van der Waals surface area (Å²) < 4.78 is 6.53. The van der Waals surface area contributed by atoms with Crippen molar-refractivity contribution in [1.29, 1.82) is 0 Å². The van der Waals surface area contributed by atoms with Gasteiger partial charge in [0.2, 0.25) is 5.78 Å². The van der Waals surface area contributed by atoms with Crippen LogP contribution in [0.25, 0.3) is 10.1 Å². The molecule has 0 bridgehead atoms. The van der Waals surface area contributed by atoms with E-state index in [4.69, 9.17) is 4.74 Å². The second-order valence-electron chi connectivity index (χ2n) is 7.06. The minimum atomic E-state index is -1.36. The highest BCUT2D eigenvalue weighted by atomic mass is 32.1. The van der Waals surface area contributed by atoms with E-state index >= 15 is 0 Å². The number of carbonyl (C=O) groups is 1. The van der Waals surface area contributed by atoms with Gasteiger partial charge in [-0.05, 0) is 23.6 Å². The highest BCUT2D eigenvalue weighted by molar-refractivity contribution is 7.21. The topological polar surface area (TPSA) is 127 Å². The van der Waals surface area contributed by atoms with E-state index in [0.717, 1.165) is 16.2 Å². The van der Waals surface area contributed by atoms with Crippen molar-refractivity contribution in [3.63, 3.8) is 0 Å². The third-order valence-corrected chi connectivity index (χ3v) is 6.21. The average Bonchev–Trinajstić information content (AvgIpc) is 3.14. The Hall–Kier alpha value is -2.49. The number of aromatic hydroxyl groups is 2. The van der Waals surface area contributed by atoms with E-state index in [1.54, 1.807) is 6.07 Å². The van der Waals surface area contributed by atoms with Gasteiger partial charge in [-0.2, -0.15) is 0 Å². The molecular formula is C21H20O7S. The number of benzene rings is 2. The molecule has 0 saturated carbocycles. The van der Waals surface area contributed by atoms with Gasteiger partial charge in [0.05, 0.1) is 29.3 Å². The number of hydrogen-bond donors (Lipinski definition) is 5. The van der Waals surface area contributed by atoms with E-state index in [-0.39, 0.29) is 29.9 Å². The SMILES string of the molecule is O=C(c1cc2ccccc2s1)c1cc(C2OC(CO)CC(O)C2O)c(O)cc1O. The summed E-state index contributed by atoms with van der Waals surface area (Å²) in [5, 5.41) is 51.2. The Morgan fingerprint density at radius 2 is 1.86 bits per heavy atom. The second kappa shape index (κ2) is 7.74. The monoisotopic (exact) mass is 416 g/mol. The molecule has 0 amide bonds. The van der Waals surface area contributed by atoms with E-state index in [1.807, 2.05) is 24.3 Å². The molecule has 1 aliphatic rings. The fraction of sp³-hybridized carbons (Fsp3) is 0.286. The van der Waals surface area contributed by atoms with Crippen LogP contribution in [0.1, 0.15) is 33.3 Å². The Morgan fingerprint density at radius 3 is 2.59 bits per heavy atom. The number of thiophene rings is 1. The van der Waals surface area contributed by atoms with Crippen molar-refractivity contribution in [2.24, 2.45) is 0 Å². The Kier molecular flexibility index (Phi) is 5.28. The van der Waals surface area contributed by atoms with Crippen LogP contribution in [0.4, 0.5) is 0 Å². The molecule has 4 rings (SSSR count). The van der Waals surface area contributed by atoms with Crippen LogP contribution >= 0.6 is 11.3 Å². The summed E-state index contributed by atoms with van der Waals surface area (Å²) in [5.74, 6) is -1.22. The largest absolute Gasteiger partial charge is 0.507 e. The Morgan fingerprint density at radius 1 is 1.10 bits per heavy atom. The number of ether oxygens (including phenoxy) is 1. The zero-order valence-corrected chi connectivity index (χ0v) is 16.0. The first-order valence-electron chi connectivity index (χ1n) is 9.10. The standard InChI is InChI=1S/C21H20O7S/c22-9-11-6-16(25)20(27)21(28-11)13-7-12(14(23)8-15(13)24)19(26)18-5-10-3-1-2-4-17(10)29-18/h1-5,7-8,11,16,20-25,27H,6,9H2. The molecule has 8 heteroatoms. The molecule has 1 fully saturated rings. The molecule has 1 aliphatic heterocycles. The summed E-state index contributed by atoms with van der Waals surface area (Å²) in [6.07, 6.45) is -4.37. The summed E-state index contributed by atoms with van der Waals surface area (Å²) in [7, 11) is 0. The van der Waals surface area contributed by atoms with Crippen molar-refractivity contribution < 1.29 is 35.1 Å². The number of hydrogen-bond acceptors (Lipinski definition) is 8. The molecule has 4 unspecified atom stereocenters. The highest BCUT2D eigenvalue weighted by Gasteiger charge is 2.39. The van der Waals surface area contributed by atoms with Gasteiger partial charge in [0.25, 0.3) is 0 Å². The fourth-order valence-corrected chi connectivity index (χ4v) is 4.58. The molecule has 5 N–H and O–H groups in total.